The smallest absolute Gasteiger partial charge is 0.0341 e. The normalized spacial score (nSPS) is 9.69. The minimum absolute atomic E-state index is 0.856. The third-order valence-electron chi connectivity index (χ3n) is 1.71. The van der Waals surface area contributed by atoms with Gasteiger partial charge in [-0.1, -0.05) is 0 Å². The minimum Gasteiger partial charge on any atom is -0.385 e. The predicted molar refractivity (Wildman–Crippen MR) is 62.9 cm³/mol. The van der Waals surface area contributed by atoms with Crippen LogP contribution in [0.4, 0.5) is 11.4 Å². The second-order valence-electron chi connectivity index (χ2n) is 2.76. The highest BCUT2D eigenvalue weighted by molar-refractivity contribution is 7.80. The molecular formula is C10H16N2S. The quantitative estimate of drug-likeness (QED) is 0.630. The molecule has 2 N–H and O–H groups in total. The highest BCUT2D eigenvalue weighted by atomic mass is 32.1. The maximum atomic E-state index is 4.13. The summed E-state index contributed by atoms with van der Waals surface area (Å²) in [6.07, 6.45) is 0. The molecular weight excluding hydrogens is 180 g/mol. The van der Waals surface area contributed by atoms with E-state index in [4.69, 9.17) is 0 Å². The number of hydrogen-bond acceptors (Lipinski definition) is 3. The summed E-state index contributed by atoms with van der Waals surface area (Å²) < 4.78 is 0. The Balaban J connectivity index is 2.48. The molecule has 0 saturated heterocycles. The molecule has 13 heavy (non-hydrogen) atoms. The highest BCUT2D eigenvalue weighted by Crippen LogP contribution is 2.12. The molecule has 0 aliphatic carbocycles. The molecule has 0 heterocycles. The fourth-order valence-corrected chi connectivity index (χ4v) is 1.22. The Morgan fingerprint density at radius 2 is 1.62 bits per heavy atom. The largest absolute Gasteiger partial charge is 0.385 e. The second kappa shape index (κ2) is 5.75. The van der Waals surface area contributed by atoms with Crippen LogP contribution in [0, 0.1) is 0 Å². The lowest BCUT2D eigenvalue weighted by Gasteiger charge is -2.06. The molecule has 0 bridgehead atoms. The number of anilines is 2. The van der Waals surface area contributed by atoms with Crippen molar-refractivity contribution in [2.24, 2.45) is 0 Å². The van der Waals surface area contributed by atoms with E-state index in [0.29, 0.717) is 0 Å². The molecule has 0 spiro atoms. The van der Waals surface area contributed by atoms with Crippen LogP contribution in [0.5, 0.6) is 0 Å². The van der Waals surface area contributed by atoms with Crippen molar-refractivity contribution >= 4 is 24.0 Å². The topological polar surface area (TPSA) is 24.1 Å². The van der Waals surface area contributed by atoms with Crippen molar-refractivity contribution < 1.29 is 0 Å². The first-order chi connectivity index (χ1) is 6.36. The van der Waals surface area contributed by atoms with E-state index in [1.54, 1.807) is 0 Å². The van der Waals surface area contributed by atoms with E-state index >= 15 is 0 Å². The van der Waals surface area contributed by atoms with Gasteiger partial charge in [-0.3, -0.25) is 0 Å². The summed E-state index contributed by atoms with van der Waals surface area (Å²) in [4.78, 5) is 0. The van der Waals surface area contributed by atoms with Gasteiger partial charge in [0.2, 0.25) is 0 Å². The summed E-state index contributed by atoms with van der Waals surface area (Å²) in [6, 6.07) is 8.29. The molecule has 0 saturated carbocycles. The number of thiol groups is 1. The lowest BCUT2D eigenvalue weighted by atomic mass is 10.3. The maximum absolute atomic E-state index is 4.13. The summed E-state index contributed by atoms with van der Waals surface area (Å²) in [7, 11) is 0. The van der Waals surface area contributed by atoms with Crippen LogP contribution in [-0.2, 0) is 0 Å². The molecule has 0 aliphatic heterocycles. The summed E-state index contributed by atoms with van der Waals surface area (Å²) in [5, 5.41) is 6.51. The van der Waals surface area contributed by atoms with Gasteiger partial charge in [-0.25, -0.2) is 0 Å². The molecule has 1 aromatic carbocycles. The SMILES string of the molecule is CCNc1ccc(NCCS)cc1. The summed E-state index contributed by atoms with van der Waals surface area (Å²) in [5.74, 6) is 0.856. The molecule has 72 valence electrons. The van der Waals surface area contributed by atoms with Gasteiger partial charge in [0, 0.05) is 30.2 Å². The van der Waals surface area contributed by atoms with Gasteiger partial charge in [-0.15, -0.1) is 0 Å². The van der Waals surface area contributed by atoms with Crippen molar-refractivity contribution in [2.45, 2.75) is 6.92 Å². The molecule has 0 fully saturated rings. The first kappa shape index (κ1) is 10.3. The van der Waals surface area contributed by atoms with Crippen molar-refractivity contribution in [2.75, 3.05) is 29.5 Å². The molecule has 1 aromatic rings. The lowest BCUT2D eigenvalue weighted by Crippen LogP contribution is -2.02. The van der Waals surface area contributed by atoms with Gasteiger partial charge in [0.1, 0.15) is 0 Å². The Hall–Kier alpha value is -0.830. The Labute approximate surface area is 85.1 Å². The Bertz CT molecular complexity index is 233. The van der Waals surface area contributed by atoms with E-state index in [9.17, 15) is 0 Å². The molecule has 0 radical (unpaired) electrons. The van der Waals surface area contributed by atoms with Crippen LogP contribution in [0.1, 0.15) is 6.92 Å². The monoisotopic (exact) mass is 196 g/mol. The minimum atomic E-state index is 0.856. The molecule has 2 nitrogen and oxygen atoms in total. The van der Waals surface area contributed by atoms with Crippen molar-refractivity contribution in [1.29, 1.82) is 0 Å². The third-order valence-corrected chi connectivity index (χ3v) is 1.93. The average molecular weight is 196 g/mol. The van der Waals surface area contributed by atoms with E-state index in [1.165, 1.54) is 5.69 Å². The summed E-state index contributed by atoms with van der Waals surface area (Å²) in [6.45, 7) is 3.96. The van der Waals surface area contributed by atoms with Crippen LogP contribution < -0.4 is 10.6 Å². The fourth-order valence-electron chi connectivity index (χ4n) is 1.11. The molecule has 3 heteroatoms. The Morgan fingerprint density at radius 3 is 2.08 bits per heavy atom. The van der Waals surface area contributed by atoms with Gasteiger partial charge in [-0.2, -0.15) is 12.6 Å². The summed E-state index contributed by atoms with van der Waals surface area (Å²) in [5.41, 5.74) is 2.31. The third kappa shape index (κ3) is 3.59. The van der Waals surface area contributed by atoms with E-state index in [-0.39, 0.29) is 0 Å². The van der Waals surface area contributed by atoms with Gasteiger partial charge < -0.3 is 10.6 Å². The van der Waals surface area contributed by atoms with Crippen LogP contribution in [0.15, 0.2) is 24.3 Å². The van der Waals surface area contributed by atoms with Crippen LogP contribution >= 0.6 is 12.6 Å². The van der Waals surface area contributed by atoms with Crippen LogP contribution in [0.3, 0.4) is 0 Å². The maximum Gasteiger partial charge on any atom is 0.0341 e. The highest BCUT2D eigenvalue weighted by Gasteiger charge is 1.91. The van der Waals surface area contributed by atoms with E-state index in [2.05, 4.69) is 54.5 Å². The van der Waals surface area contributed by atoms with Gasteiger partial charge >= 0.3 is 0 Å². The van der Waals surface area contributed by atoms with Crippen LogP contribution in [-0.4, -0.2) is 18.8 Å². The zero-order valence-corrected chi connectivity index (χ0v) is 8.77. The molecule has 0 aliphatic rings. The number of hydrogen-bond donors (Lipinski definition) is 3. The second-order valence-corrected chi connectivity index (χ2v) is 3.21. The van der Waals surface area contributed by atoms with Gasteiger partial charge in [-0.05, 0) is 31.2 Å². The van der Waals surface area contributed by atoms with Crippen molar-refractivity contribution in [3.63, 3.8) is 0 Å². The van der Waals surface area contributed by atoms with E-state index in [1.807, 2.05) is 0 Å². The van der Waals surface area contributed by atoms with Gasteiger partial charge in [0.05, 0.1) is 0 Å². The first-order valence-electron chi connectivity index (χ1n) is 4.55. The zero-order chi connectivity index (χ0) is 9.52. The Kier molecular flexibility index (Phi) is 4.54. The van der Waals surface area contributed by atoms with Crippen LogP contribution in [0.25, 0.3) is 0 Å². The van der Waals surface area contributed by atoms with E-state index in [0.717, 1.165) is 24.5 Å². The summed E-state index contributed by atoms with van der Waals surface area (Å²) >= 11 is 4.13. The molecule has 0 amide bonds. The molecule has 1 rings (SSSR count). The number of nitrogens with one attached hydrogen (secondary N) is 2. The Morgan fingerprint density at radius 1 is 1.08 bits per heavy atom. The number of rotatable bonds is 5. The van der Waals surface area contributed by atoms with Crippen molar-refractivity contribution in [3.05, 3.63) is 24.3 Å². The van der Waals surface area contributed by atoms with Gasteiger partial charge in [0.15, 0.2) is 0 Å². The first-order valence-corrected chi connectivity index (χ1v) is 5.18. The zero-order valence-electron chi connectivity index (χ0n) is 7.88. The standard InChI is InChI=1S/C10H16N2S/c1-2-11-9-3-5-10(6-4-9)12-7-8-13/h3-6,11-13H,2,7-8H2,1H3. The van der Waals surface area contributed by atoms with Crippen LogP contribution in [0.2, 0.25) is 0 Å². The lowest BCUT2D eigenvalue weighted by molar-refractivity contribution is 1.21. The molecule has 0 aromatic heterocycles. The fraction of sp³-hybridized carbons (Fsp3) is 0.400. The van der Waals surface area contributed by atoms with Crippen molar-refractivity contribution in [1.82, 2.24) is 0 Å². The molecule has 0 atom stereocenters. The average Bonchev–Trinajstić information content (AvgIpc) is 2.17. The van der Waals surface area contributed by atoms with E-state index < -0.39 is 0 Å². The van der Waals surface area contributed by atoms with Crippen molar-refractivity contribution in [3.8, 4) is 0 Å². The number of benzene rings is 1. The molecule has 0 unspecified atom stereocenters. The predicted octanol–water partition coefficient (Wildman–Crippen LogP) is 2.46. The van der Waals surface area contributed by atoms with Gasteiger partial charge in [0.25, 0.3) is 0 Å².